The van der Waals surface area contributed by atoms with Gasteiger partial charge in [0, 0.05) is 18.6 Å². The molecule has 6 bridgehead atoms. The van der Waals surface area contributed by atoms with Crippen molar-refractivity contribution in [3.05, 3.63) is 74.2 Å². The molecule has 12 aromatic rings. The Morgan fingerprint density at radius 1 is 0.385 bits per heavy atom. The number of rotatable bonds is 6. The normalized spacial score (nSPS) is 37.7. The van der Waals surface area contributed by atoms with Gasteiger partial charge in [-0.05, 0) is 77.2 Å². The van der Waals surface area contributed by atoms with E-state index < -0.39 is 238 Å². The number of nitrogens with two attached hydrogens (primary N) is 6. The molecule has 9 aliphatic rings. The summed E-state index contributed by atoms with van der Waals surface area (Å²) in [4.78, 5) is 117. The van der Waals surface area contributed by atoms with Crippen molar-refractivity contribution in [3.8, 4) is 0 Å². The minimum Gasteiger partial charge on any atom is -0.397 e. The van der Waals surface area contributed by atoms with E-state index in [9.17, 15) is 38.5 Å². The summed E-state index contributed by atoms with van der Waals surface area (Å²) in [6.45, 7) is -24.9. The van der Waals surface area contributed by atoms with Gasteiger partial charge in [0.25, 0.3) is 16.7 Å². The van der Waals surface area contributed by atoms with E-state index in [1.165, 1.54) is 46.3 Å². The summed E-state index contributed by atoms with van der Waals surface area (Å²) in [5, 5.41) is 32.3. The van der Waals surface area contributed by atoms with Crippen LogP contribution in [0.3, 0.4) is 0 Å². The summed E-state index contributed by atoms with van der Waals surface area (Å²) in [6.07, 6.45) is -24.0. The Hall–Kier alpha value is -6.59. The number of hydrogen-bond acceptors (Lipinski definition) is 50. The number of H-pyrrole nitrogens is 3. The monoisotopic (exact) mass is 2200 g/mol. The Kier molecular flexibility index (Phi) is 26.9. The van der Waals surface area contributed by atoms with Crippen molar-refractivity contribution in [2.75, 3.05) is 74.0 Å². The van der Waals surface area contributed by atoms with Crippen LogP contribution in [0.5, 0.6) is 0 Å². The zero-order chi connectivity index (χ0) is 95.5. The molecule has 135 heavy (non-hydrogen) atoms. The van der Waals surface area contributed by atoms with E-state index in [0.717, 1.165) is 54.0 Å². The van der Waals surface area contributed by atoms with Crippen molar-refractivity contribution >= 4 is 260 Å². The summed E-state index contributed by atoms with van der Waals surface area (Å²) < 4.78 is 201. The number of thiol groups is 2. The lowest BCUT2D eigenvalue weighted by Crippen LogP contribution is -2.34. The molecule has 77 heteroatoms. The molecule has 0 radical (unpaired) electrons. The number of anilines is 6. The second-order valence-corrected chi connectivity index (χ2v) is 53.3. The molecule has 0 spiro atoms. The Morgan fingerprint density at radius 3 is 1.11 bits per heavy atom. The summed E-state index contributed by atoms with van der Waals surface area (Å²) in [5.74, 6) is -0.722. The van der Waals surface area contributed by atoms with Gasteiger partial charge in [0.05, 0.1) is 78.8 Å². The van der Waals surface area contributed by atoms with Crippen molar-refractivity contribution in [1.29, 1.82) is 0 Å². The average molecular weight is 2200 g/mol. The summed E-state index contributed by atoms with van der Waals surface area (Å²) in [7, 11) is 0. The van der Waals surface area contributed by atoms with Crippen LogP contribution in [-0.2, 0) is 132 Å². The van der Waals surface area contributed by atoms with Gasteiger partial charge >= 0.3 is 33.7 Å². The van der Waals surface area contributed by atoms with Crippen molar-refractivity contribution < 1.29 is 119 Å². The molecule has 9 saturated heterocycles. The first-order valence-corrected chi connectivity index (χ1v) is 58.1. The lowest BCUT2D eigenvalue weighted by atomic mass is 10.1. The van der Waals surface area contributed by atoms with Gasteiger partial charge in [0.1, 0.15) is 95.1 Å². The van der Waals surface area contributed by atoms with E-state index in [1.54, 1.807) is 6.07 Å². The predicted molar refractivity (Wildman–Crippen MR) is 486 cm³/mol. The number of pyridine rings is 3. The third kappa shape index (κ3) is 19.2. The van der Waals surface area contributed by atoms with E-state index >= 15 is 26.3 Å². The molecule has 55 nitrogen and oxygen atoms in total. The van der Waals surface area contributed by atoms with Crippen LogP contribution < -0.4 is 51.1 Å². The number of halogens is 6. The van der Waals surface area contributed by atoms with Gasteiger partial charge < -0.3 is 95.3 Å². The lowest BCUT2D eigenvalue weighted by Gasteiger charge is -2.28. The first-order valence-electron chi connectivity index (χ1n) is 38.5. The molecule has 12 aromatic heterocycles. The van der Waals surface area contributed by atoms with Crippen molar-refractivity contribution in [3.63, 3.8) is 0 Å². The summed E-state index contributed by atoms with van der Waals surface area (Å²) in [5.41, 5.74) is 30.4. The molecule has 21 heterocycles. The highest BCUT2D eigenvalue weighted by Crippen LogP contribution is 2.65. The Balaban J connectivity index is 0.000000130. The van der Waals surface area contributed by atoms with E-state index in [2.05, 4.69) is 126 Å². The maximum absolute atomic E-state index is 16.1. The number of fused-ring (bicyclic) bond motifs is 15. The number of imidazole rings is 1. The van der Waals surface area contributed by atoms with Gasteiger partial charge in [-0.3, -0.25) is 61.0 Å². The number of nitrogen functional groups attached to an aromatic ring is 6. The molecule has 30 atom stereocenters. The van der Waals surface area contributed by atoms with Crippen LogP contribution in [0.4, 0.5) is 61.2 Å². The number of aromatic nitrogens is 26. The quantitative estimate of drug-likeness (QED) is 0.0645. The van der Waals surface area contributed by atoms with Crippen molar-refractivity contribution in [2.24, 2.45) is 0 Å². The number of aromatic amines is 3. The van der Waals surface area contributed by atoms with E-state index in [4.69, 9.17) is 162 Å². The number of nitrogens with zero attached hydrogens (tertiary/aromatic N) is 23. The second-order valence-electron chi connectivity index (χ2n) is 30.0. The fourth-order valence-electron chi connectivity index (χ4n) is 15.3. The standard InChI is InChI=1S/C20H22F2N10O7P2S4.2C19H21F2N11O8P2S3/c21-9-8-4-35-40(34,42)38-13-7(37-18(10(13)22)31-5-26-11-6(23)1-2-25-15(11)31)3-36-41(43,44)39-14(9)19(45-8)32-16-12(29-30-32)17(33)28-20(24)27-16;2*20-8-7-4-37-42(35,44)39-12-6(38-17(9(12)21)31-14-10(27-29-31)5(22)1-2-24-14)3-36-41(34,43)40-13(8)18(45-7)32-15-11(28-30-32)16(33)26-19(23)25-15/h1-2,5,7-10,13-14,18-19H,3-4H2,(H2,23,25)(H,34,42)(H,43,44)(H3,24,27,28,33);2*1-2,6-9,12-13,17-18H,3-4H2,(H2,22,24)(H,34,43)(H,35,44)(H3,23,25,26,33)/t7-,8-,9-,10+,13-,14-,18-,19-,40?;2*6-,7-,8-,9+,12-,13-,17-,18-,41?,42?/m111/s1. The smallest absolute Gasteiger partial charge is 0.386 e. The molecule has 9 fully saturated rings. The molecule has 726 valence electrons. The molecule has 19 N–H and O–H groups in total. The molecular formula is C58H64F6N32O23P6S10. The second kappa shape index (κ2) is 37.4. The Labute approximate surface area is 793 Å². The largest absolute Gasteiger partial charge is 0.397 e. The minimum absolute atomic E-state index is 0.0354. The van der Waals surface area contributed by atoms with Crippen LogP contribution in [0, 0.1) is 0 Å². The molecule has 0 saturated carbocycles. The number of hydrogen-bond donors (Lipinski definition) is 15. The van der Waals surface area contributed by atoms with Gasteiger partial charge in [0.2, 0.25) is 23.5 Å². The predicted octanol–water partition coefficient (Wildman–Crippen LogP) is 2.24. The maximum atomic E-state index is 16.1. The highest BCUT2D eigenvalue weighted by atomic mass is 32.9. The molecule has 9 aliphatic heterocycles. The van der Waals surface area contributed by atoms with Crippen molar-refractivity contribution in [2.45, 2.75) is 143 Å². The summed E-state index contributed by atoms with van der Waals surface area (Å²) in [6, 6.07) is 4.51. The van der Waals surface area contributed by atoms with Crippen LogP contribution in [0.1, 0.15) is 34.8 Å². The fraction of sp³-hybridized carbons (Fsp3) is 0.517. The SMILES string of the molecule is Nc1nc2c(nnn2[C@@H]2S[C@@H]3COP(=O)(S)O[C@H]4[C@H](F)[C@H](n5nnc6c(N)ccnc65)O[C@@H]4COP(O)(=S)O[C@@H]2[C@@H]3F)c(=O)[nH]1.Nc1nc2c(nnn2[C@@H]2S[C@@H]3COP(O)(=S)O[C@H]4[C@H](F)[C@H](n5cnc6c(N)ccnc65)O[C@@H]4COP(=S)(S)O[C@@H]2[C@@H]3F)c(=O)[nH]1.Nc1nc2c(nnn2[C@@H]2S[C@@H]3COP(O)(=S)O[C@H]4[C@H](F)[C@H](n5nnc6c(N)ccnc65)O[C@@H]4COP(O)(=S)O[C@@H]2[C@@H]3F)c(=O)[nH]1. The minimum atomic E-state index is -4.41. The first-order chi connectivity index (χ1) is 63.9. The number of alkyl halides is 6. The Morgan fingerprint density at radius 2 is 0.704 bits per heavy atom. The third-order valence-corrected chi connectivity index (χ3v) is 35.9. The topological polar surface area (TPSA) is 740 Å². The van der Waals surface area contributed by atoms with Gasteiger partial charge in [0.15, 0.2) is 98.7 Å². The van der Waals surface area contributed by atoms with Gasteiger partial charge in [-0.1, -0.05) is 50.6 Å². The fourth-order valence-corrected chi connectivity index (χ4v) is 29.3. The van der Waals surface area contributed by atoms with E-state index in [0.29, 0.717) is 11.2 Å². The number of nitrogens with one attached hydrogen (secondary N) is 3. The van der Waals surface area contributed by atoms with Crippen LogP contribution >= 0.6 is 99.1 Å². The van der Waals surface area contributed by atoms with Crippen molar-refractivity contribution in [1.82, 2.24) is 129 Å². The molecular weight excluding hydrogens is 2130 g/mol. The molecule has 0 amide bonds. The van der Waals surface area contributed by atoms with Crippen LogP contribution in [0.25, 0.3) is 67.0 Å². The van der Waals surface area contributed by atoms with Crippen LogP contribution in [0.2, 0.25) is 0 Å². The maximum Gasteiger partial charge on any atom is 0.386 e. The van der Waals surface area contributed by atoms with Gasteiger partial charge in [-0.25, -0.2) is 64.9 Å². The lowest BCUT2D eigenvalue weighted by molar-refractivity contribution is -0.0494. The zero-order valence-electron chi connectivity index (χ0n) is 66.5. The first kappa shape index (κ1) is 97.2. The van der Waals surface area contributed by atoms with Crippen LogP contribution in [0.15, 0.2) is 57.5 Å². The highest BCUT2D eigenvalue weighted by Gasteiger charge is 2.59. The highest BCUT2D eigenvalue weighted by molar-refractivity contribution is 8.60. The van der Waals surface area contributed by atoms with Gasteiger partial charge in [-0.15, -0.1) is 60.8 Å². The molecule has 0 aromatic carbocycles. The van der Waals surface area contributed by atoms with Gasteiger partial charge in [-0.2, -0.15) is 24.3 Å². The molecule has 21 rings (SSSR count). The zero-order valence-corrected chi connectivity index (χ0v) is 80.2. The number of ether oxygens (including phenoxy) is 3. The summed E-state index contributed by atoms with van der Waals surface area (Å²) >= 11 is 37.3. The average Bonchev–Trinajstić information content (AvgIpc) is 1.63. The van der Waals surface area contributed by atoms with E-state index in [1.807, 2.05) is 0 Å². The van der Waals surface area contributed by atoms with Crippen LogP contribution in [-0.4, -0.2) is 296 Å². The molecule has 0 aliphatic carbocycles. The number of thioether (sulfide) groups is 3. The Bertz CT molecular complexity index is 6510. The van der Waals surface area contributed by atoms with E-state index in [-0.39, 0.29) is 90.7 Å². The molecule has 6 unspecified atom stereocenters. The third-order valence-electron chi connectivity index (χ3n) is 21.4.